The first kappa shape index (κ1) is 21.9. The van der Waals surface area contributed by atoms with Crippen LogP contribution in [0.4, 0.5) is 30.4 Å². The Bertz CT molecular complexity index is 1270. The van der Waals surface area contributed by atoms with Gasteiger partial charge in [-0.25, -0.2) is 4.68 Å². The number of hydrogen-bond acceptors (Lipinski definition) is 6. The van der Waals surface area contributed by atoms with E-state index in [0.29, 0.717) is 23.0 Å². The highest BCUT2D eigenvalue weighted by atomic mass is 19.4. The number of pyridine rings is 1. The van der Waals surface area contributed by atoms with E-state index in [4.69, 9.17) is 0 Å². The first-order valence-corrected chi connectivity index (χ1v) is 9.78. The third kappa shape index (κ3) is 5.14. The molecule has 0 atom stereocenters. The number of nitrogens with zero attached hydrogens (tertiary/aromatic N) is 5. The minimum Gasteiger partial charge on any atom is -0.339 e. The Morgan fingerprint density at radius 2 is 1.67 bits per heavy atom. The van der Waals surface area contributed by atoms with Gasteiger partial charge in [0.25, 0.3) is 5.91 Å². The zero-order valence-corrected chi connectivity index (χ0v) is 17.6. The van der Waals surface area contributed by atoms with Crippen LogP contribution in [0.5, 0.6) is 0 Å². The van der Waals surface area contributed by atoms with Gasteiger partial charge in [-0.1, -0.05) is 0 Å². The Labute approximate surface area is 186 Å². The van der Waals surface area contributed by atoms with Crippen molar-refractivity contribution in [3.63, 3.8) is 0 Å². The summed E-state index contributed by atoms with van der Waals surface area (Å²) in [5, 5.41) is 18.4. The first-order chi connectivity index (χ1) is 15.7. The van der Waals surface area contributed by atoms with Gasteiger partial charge >= 0.3 is 6.18 Å². The summed E-state index contributed by atoms with van der Waals surface area (Å²) < 4.78 is 39.5. The predicted molar refractivity (Wildman–Crippen MR) is 116 cm³/mol. The lowest BCUT2D eigenvalue weighted by Crippen LogP contribution is -2.14. The van der Waals surface area contributed by atoms with Crippen molar-refractivity contribution >= 4 is 23.1 Å². The highest BCUT2D eigenvalue weighted by molar-refractivity contribution is 6.04. The molecule has 168 valence electrons. The molecule has 0 fully saturated rings. The molecular formula is C22H18F3N7O. The molecule has 0 bridgehead atoms. The van der Waals surface area contributed by atoms with E-state index < -0.39 is 17.8 Å². The third-order valence-electron chi connectivity index (χ3n) is 4.61. The molecule has 4 aromatic rings. The molecule has 0 saturated carbocycles. The minimum atomic E-state index is -4.56. The minimum absolute atomic E-state index is 0.0168. The van der Waals surface area contributed by atoms with Crippen LogP contribution in [0.1, 0.15) is 27.4 Å². The van der Waals surface area contributed by atoms with Crippen LogP contribution in [0.25, 0.3) is 5.82 Å². The zero-order valence-electron chi connectivity index (χ0n) is 17.6. The molecule has 0 aliphatic rings. The van der Waals surface area contributed by atoms with Gasteiger partial charge in [0.2, 0.25) is 0 Å². The summed E-state index contributed by atoms with van der Waals surface area (Å²) in [5.41, 5.74) is 1.97. The number of rotatable bonds is 5. The predicted octanol–water partition coefficient (Wildman–Crippen LogP) is 4.69. The van der Waals surface area contributed by atoms with Gasteiger partial charge in [-0.3, -0.25) is 9.78 Å². The lowest BCUT2D eigenvalue weighted by molar-refractivity contribution is -0.141. The molecule has 2 N–H and O–H groups in total. The van der Waals surface area contributed by atoms with Crippen molar-refractivity contribution in [1.29, 1.82) is 0 Å². The van der Waals surface area contributed by atoms with E-state index >= 15 is 0 Å². The molecule has 0 saturated heterocycles. The molecule has 1 aromatic carbocycles. The fourth-order valence-corrected chi connectivity index (χ4v) is 3.05. The van der Waals surface area contributed by atoms with Gasteiger partial charge in [-0.15, -0.1) is 10.2 Å². The molecule has 8 nitrogen and oxygen atoms in total. The summed E-state index contributed by atoms with van der Waals surface area (Å²) in [5.74, 6) is 0.553. The number of aromatic nitrogens is 5. The average Bonchev–Trinajstić information content (AvgIpc) is 3.13. The van der Waals surface area contributed by atoms with Crippen molar-refractivity contribution in [3.05, 3.63) is 83.4 Å². The fourth-order valence-electron chi connectivity index (χ4n) is 3.05. The number of amides is 1. The Kier molecular flexibility index (Phi) is 5.78. The highest BCUT2D eigenvalue weighted by Crippen LogP contribution is 2.27. The van der Waals surface area contributed by atoms with Crippen LogP contribution in [0.15, 0.2) is 60.8 Å². The van der Waals surface area contributed by atoms with Gasteiger partial charge in [0.05, 0.1) is 11.3 Å². The highest BCUT2D eigenvalue weighted by Gasteiger charge is 2.32. The molecule has 33 heavy (non-hydrogen) atoms. The number of carbonyl (C=O) groups is 1. The number of halogens is 3. The van der Waals surface area contributed by atoms with E-state index in [1.54, 1.807) is 41.1 Å². The first-order valence-electron chi connectivity index (χ1n) is 9.78. The quantitative estimate of drug-likeness (QED) is 0.455. The Morgan fingerprint density at radius 1 is 0.939 bits per heavy atom. The molecule has 1 amide bonds. The van der Waals surface area contributed by atoms with Gasteiger partial charge in [-0.05, 0) is 68.4 Å². The number of alkyl halides is 3. The fraction of sp³-hybridized carbons (Fsp3) is 0.136. The van der Waals surface area contributed by atoms with Gasteiger partial charge < -0.3 is 10.6 Å². The van der Waals surface area contributed by atoms with Crippen molar-refractivity contribution in [2.45, 2.75) is 20.0 Å². The van der Waals surface area contributed by atoms with E-state index in [9.17, 15) is 18.0 Å². The molecule has 0 radical (unpaired) electrons. The summed E-state index contributed by atoms with van der Waals surface area (Å²) in [7, 11) is 0. The maximum absolute atomic E-state index is 12.6. The van der Waals surface area contributed by atoms with E-state index in [1.165, 1.54) is 0 Å². The lowest BCUT2D eigenvalue weighted by atomic mass is 10.2. The van der Waals surface area contributed by atoms with Crippen molar-refractivity contribution in [3.8, 4) is 5.82 Å². The normalized spacial score (nSPS) is 11.3. The van der Waals surface area contributed by atoms with Crippen LogP contribution in [-0.4, -0.2) is 30.9 Å². The van der Waals surface area contributed by atoms with Gasteiger partial charge in [0, 0.05) is 23.3 Å². The summed E-state index contributed by atoms with van der Waals surface area (Å²) in [6, 6.07) is 14.1. The smallest absolute Gasteiger partial charge is 0.339 e. The Morgan fingerprint density at radius 3 is 2.21 bits per heavy atom. The molecule has 4 rings (SSSR count). The Balaban J connectivity index is 1.38. The molecule has 0 unspecified atom stereocenters. The molecule has 11 heteroatoms. The molecule has 3 heterocycles. The number of hydrogen-bond donors (Lipinski definition) is 2. The second-order valence-corrected chi connectivity index (χ2v) is 7.20. The monoisotopic (exact) mass is 453 g/mol. The molecule has 0 spiro atoms. The van der Waals surface area contributed by atoms with Crippen molar-refractivity contribution in [2.75, 3.05) is 10.6 Å². The number of anilines is 3. The Hall–Kier alpha value is -4.28. The van der Waals surface area contributed by atoms with Crippen LogP contribution >= 0.6 is 0 Å². The van der Waals surface area contributed by atoms with Crippen molar-refractivity contribution in [2.24, 2.45) is 0 Å². The van der Waals surface area contributed by atoms with Crippen LogP contribution in [0.2, 0.25) is 0 Å². The van der Waals surface area contributed by atoms with E-state index in [2.05, 4.69) is 30.9 Å². The second-order valence-electron chi connectivity index (χ2n) is 7.20. The summed E-state index contributed by atoms with van der Waals surface area (Å²) in [6.45, 7) is 3.83. The van der Waals surface area contributed by atoms with Crippen molar-refractivity contribution < 1.29 is 18.0 Å². The molecule has 0 aliphatic heterocycles. The van der Waals surface area contributed by atoms with Crippen LogP contribution < -0.4 is 10.6 Å². The molecular weight excluding hydrogens is 435 g/mol. The molecule has 3 aromatic heterocycles. The number of nitrogens with one attached hydrogen (secondary N) is 2. The summed E-state index contributed by atoms with van der Waals surface area (Å²) >= 11 is 0. The van der Waals surface area contributed by atoms with E-state index in [0.717, 1.165) is 29.7 Å². The van der Waals surface area contributed by atoms with Crippen molar-refractivity contribution in [1.82, 2.24) is 25.0 Å². The average molecular weight is 453 g/mol. The second kappa shape index (κ2) is 8.69. The van der Waals surface area contributed by atoms with Crippen LogP contribution in [0.3, 0.4) is 0 Å². The van der Waals surface area contributed by atoms with Crippen LogP contribution in [-0.2, 0) is 6.18 Å². The maximum atomic E-state index is 12.6. The maximum Gasteiger partial charge on any atom is 0.433 e. The van der Waals surface area contributed by atoms with Gasteiger partial charge in [0.15, 0.2) is 11.6 Å². The number of aryl methyl sites for hydroxylation is 2. The van der Waals surface area contributed by atoms with Crippen LogP contribution in [0, 0.1) is 13.8 Å². The van der Waals surface area contributed by atoms with Gasteiger partial charge in [0.1, 0.15) is 5.69 Å². The third-order valence-corrected chi connectivity index (χ3v) is 4.61. The van der Waals surface area contributed by atoms with E-state index in [-0.39, 0.29) is 5.56 Å². The summed E-state index contributed by atoms with van der Waals surface area (Å²) in [4.78, 5) is 15.5. The molecule has 0 aliphatic carbocycles. The van der Waals surface area contributed by atoms with Gasteiger partial charge in [-0.2, -0.15) is 18.3 Å². The number of benzene rings is 1. The zero-order chi connectivity index (χ0) is 23.6. The lowest BCUT2D eigenvalue weighted by Gasteiger charge is -2.09. The largest absolute Gasteiger partial charge is 0.433 e. The SMILES string of the molecule is Cc1cc(C)n(-c2ccc(Nc3ccc(NC(=O)c4ccc(C(F)(F)F)nc4)cc3)nn2)n1. The standard InChI is InChI=1S/C22H18F3N7O/c1-13-11-14(2)32(31-13)20-10-9-19(29-30-20)27-16-4-6-17(7-5-16)28-21(33)15-3-8-18(26-12-15)22(23,24)25/h3-12H,1-2H3,(H,27,29)(H,28,33). The topological polar surface area (TPSA) is 97.6 Å². The number of carbonyl (C=O) groups excluding carboxylic acids is 1. The summed E-state index contributed by atoms with van der Waals surface area (Å²) in [6.07, 6.45) is -3.66. The van der Waals surface area contributed by atoms with E-state index in [1.807, 2.05) is 19.9 Å².